The zero-order chi connectivity index (χ0) is 19.9. The number of nitrogens with one attached hydrogen (secondary N) is 1. The Bertz CT molecular complexity index is 824. The molecule has 1 atom stereocenters. The quantitative estimate of drug-likeness (QED) is 0.583. The first-order valence-electron chi connectivity index (χ1n) is 8.45. The number of furan rings is 1. The highest BCUT2D eigenvalue weighted by Crippen LogP contribution is 2.24. The third kappa shape index (κ3) is 6.48. The fraction of sp³-hybridized carbons (Fsp3) is 0.389. The second-order valence-electron chi connectivity index (χ2n) is 5.88. The lowest BCUT2D eigenvalue weighted by Crippen LogP contribution is -2.49. The predicted molar refractivity (Wildman–Crippen MR) is 111 cm³/mol. The van der Waals surface area contributed by atoms with E-state index in [-0.39, 0.29) is 5.91 Å². The van der Waals surface area contributed by atoms with Crippen molar-refractivity contribution in [3.05, 3.63) is 53.4 Å². The lowest BCUT2D eigenvalue weighted by atomic mass is 10.2. The van der Waals surface area contributed by atoms with Crippen LogP contribution in [0.3, 0.4) is 0 Å². The highest BCUT2D eigenvalue weighted by molar-refractivity contribution is 7.98. The number of sulfonamides is 1. The Morgan fingerprint density at radius 3 is 2.56 bits per heavy atom. The van der Waals surface area contributed by atoms with Gasteiger partial charge in [-0.15, -0.1) is 0 Å². The normalized spacial score (nSPS) is 12.6. The summed E-state index contributed by atoms with van der Waals surface area (Å²) in [4.78, 5) is 12.6. The molecule has 0 spiro atoms. The maximum Gasteiger partial charge on any atom is 0.243 e. The molecule has 2 rings (SSSR count). The predicted octanol–water partition coefficient (Wildman–Crippen LogP) is 3.53. The second-order valence-corrected chi connectivity index (χ2v) is 9.28. The lowest BCUT2D eigenvalue weighted by Gasteiger charge is -2.30. The fourth-order valence-corrected chi connectivity index (χ4v) is 4.67. The van der Waals surface area contributed by atoms with Crippen LogP contribution in [-0.2, 0) is 20.6 Å². The summed E-state index contributed by atoms with van der Waals surface area (Å²) < 4.78 is 31.1. The van der Waals surface area contributed by atoms with Gasteiger partial charge in [-0.2, -0.15) is 11.8 Å². The molecule has 0 bridgehead atoms. The first-order chi connectivity index (χ1) is 12.8. The molecule has 0 aliphatic heterocycles. The van der Waals surface area contributed by atoms with Gasteiger partial charge in [0.25, 0.3) is 0 Å². The van der Waals surface area contributed by atoms with E-state index in [0.717, 1.165) is 22.1 Å². The van der Waals surface area contributed by atoms with Gasteiger partial charge in [-0.25, -0.2) is 8.42 Å². The molecule has 0 aliphatic rings. The van der Waals surface area contributed by atoms with E-state index in [4.69, 9.17) is 16.0 Å². The van der Waals surface area contributed by atoms with Gasteiger partial charge in [-0.3, -0.25) is 9.10 Å². The molecular formula is C18H23ClN2O4S2. The number of rotatable bonds is 10. The molecule has 1 amide bonds. The zero-order valence-corrected chi connectivity index (χ0v) is 17.6. The minimum atomic E-state index is -3.64. The van der Waals surface area contributed by atoms with Crippen LogP contribution >= 0.6 is 23.4 Å². The Balaban J connectivity index is 1.98. The van der Waals surface area contributed by atoms with Gasteiger partial charge in [0.1, 0.15) is 11.8 Å². The summed E-state index contributed by atoms with van der Waals surface area (Å²) in [7, 11) is -3.64. The number of carbonyl (C=O) groups is 1. The van der Waals surface area contributed by atoms with Crippen molar-refractivity contribution in [2.75, 3.05) is 22.9 Å². The average Bonchev–Trinajstić information content (AvgIpc) is 3.12. The van der Waals surface area contributed by atoms with E-state index in [9.17, 15) is 13.2 Å². The van der Waals surface area contributed by atoms with Crippen molar-refractivity contribution < 1.29 is 17.6 Å². The zero-order valence-electron chi connectivity index (χ0n) is 15.2. The van der Waals surface area contributed by atoms with Gasteiger partial charge in [0.05, 0.1) is 24.0 Å². The van der Waals surface area contributed by atoms with Crippen LogP contribution in [0, 0.1) is 0 Å². The molecule has 27 heavy (non-hydrogen) atoms. The first-order valence-corrected chi connectivity index (χ1v) is 11.8. The molecule has 6 nitrogen and oxygen atoms in total. The second kappa shape index (κ2) is 10.1. The smallest absolute Gasteiger partial charge is 0.243 e. The maximum atomic E-state index is 12.6. The Hall–Kier alpha value is -1.64. The van der Waals surface area contributed by atoms with Crippen LogP contribution in [0.2, 0.25) is 5.02 Å². The first kappa shape index (κ1) is 21.7. The number of amides is 1. The molecular weight excluding hydrogens is 408 g/mol. The molecule has 0 fully saturated rings. The van der Waals surface area contributed by atoms with Crippen LogP contribution in [0.15, 0.2) is 47.1 Å². The third-order valence-electron chi connectivity index (χ3n) is 3.78. The highest BCUT2D eigenvalue weighted by Gasteiger charge is 2.31. The Labute approximate surface area is 169 Å². The molecule has 148 valence electrons. The number of hydrogen-bond acceptors (Lipinski definition) is 5. The van der Waals surface area contributed by atoms with Crippen molar-refractivity contribution in [3.8, 4) is 0 Å². The fourth-order valence-electron chi connectivity index (χ4n) is 2.58. The van der Waals surface area contributed by atoms with Crippen molar-refractivity contribution in [3.63, 3.8) is 0 Å². The van der Waals surface area contributed by atoms with Crippen molar-refractivity contribution in [2.24, 2.45) is 0 Å². The largest absolute Gasteiger partial charge is 0.468 e. The van der Waals surface area contributed by atoms with Crippen molar-refractivity contribution in [1.29, 1.82) is 0 Å². The molecule has 0 saturated heterocycles. The van der Waals surface area contributed by atoms with Crippen LogP contribution in [0.25, 0.3) is 0 Å². The summed E-state index contributed by atoms with van der Waals surface area (Å²) in [5.74, 6) is 1.98. The summed E-state index contributed by atoms with van der Waals surface area (Å²) >= 11 is 7.51. The molecule has 1 N–H and O–H groups in total. The van der Waals surface area contributed by atoms with E-state index in [1.807, 2.05) is 12.1 Å². The topological polar surface area (TPSA) is 79.6 Å². The standard InChI is InChI=1S/C18H23ClN2O4S2/c1-3-17(18(22)20-10-12-26-13-16-5-4-11-25-16)21(27(2,23)24)15-8-6-14(19)7-9-15/h4-9,11,17H,3,10,12-13H2,1-2H3,(H,20,22)/t17-/m1/s1. The summed E-state index contributed by atoms with van der Waals surface area (Å²) in [6.07, 6.45) is 3.07. The number of nitrogens with zero attached hydrogens (tertiary/aromatic N) is 1. The molecule has 1 aromatic carbocycles. The van der Waals surface area contributed by atoms with Gasteiger partial charge in [-0.1, -0.05) is 18.5 Å². The summed E-state index contributed by atoms with van der Waals surface area (Å²) in [5, 5.41) is 3.32. The molecule has 9 heteroatoms. The summed E-state index contributed by atoms with van der Waals surface area (Å²) in [6, 6.07) is 9.30. The van der Waals surface area contributed by atoms with Gasteiger partial charge < -0.3 is 9.73 Å². The molecule has 1 aromatic heterocycles. The van der Waals surface area contributed by atoms with Crippen molar-refractivity contribution in [2.45, 2.75) is 25.1 Å². The van der Waals surface area contributed by atoms with E-state index >= 15 is 0 Å². The average molecular weight is 431 g/mol. The van der Waals surface area contributed by atoms with Gasteiger partial charge in [0.2, 0.25) is 15.9 Å². The van der Waals surface area contributed by atoms with E-state index in [1.165, 1.54) is 0 Å². The van der Waals surface area contributed by atoms with E-state index < -0.39 is 16.1 Å². The monoisotopic (exact) mass is 430 g/mol. The molecule has 0 radical (unpaired) electrons. The van der Waals surface area contributed by atoms with Crippen molar-refractivity contribution in [1.82, 2.24) is 5.32 Å². The minimum absolute atomic E-state index is 0.323. The van der Waals surface area contributed by atoms with Crippen LogP contribution in [0.5, 0.6) is 0 Å². The highest BCUT2D eigenvalue weighted by atomic mass is 35.5. The van der Waals surface area contributed by atoms with E-state index in [1.54, 1.807) is 49.2 Å². The number of thioether (sulfide) groups is 1. The molecule has 2 aromatic rings. The Morgan fingerprint density at radius 2 is 2.00 bits per heavy atom. The molecule has 1 heterocycles. The number of anilines is 1. The summed E-state index contributed by atoms with van der Waals surface area (Å²) in [6.45, 7) is 2.23. The van der Waals surface area contributed by atoms with Crippen molar-refractivity contribution >= 4 is 45.0 Å². The van der Waals surface area contributed by atoms with Crippen LogP contribution in [0.4, 0.5) is 5.69 Å². The Kier molecular flexibility index (Phi) is 8.07. The number of benzene rings is 1. The van der Waals surface area contributed by atoms with E-state index in [0.29, 0.717) is 29.4 Å². The van der Waals surface area contributed by atoms with Crippen LogP contribution in [-0.4, -0.2) is 38.9 Å². The number of hydrogen-bond donors (Lipinski definition) is 1. The summed E-state index contributed by atoms with van der Waals surface area (Å²) in [5.41, 5.74) is 0.413. The lowest BCUT2D eigenvalue weighted by molar-refractivity contribution is -0.122. The number of halogens is 1. The Morgan fingerprint density at radius 1 is 1.30 bits per heavy atom. The van der Waals surface area contributed by atoms with Gasteiger partial charge in [-0.05, 0) is 42.8 Å². The van der Waals surface area contributed by atoms with Gasteiger partial charge in [0.15, 0.2) is 0 Å². The van der Waals surface area contributed by atoms with E-state index in [2.05, 4.69) is 5.32 Å². The maximum absolute atomic E-state index is 12.6. The van der Waals surface area contributed by atoms with Gasteiger partial charge >= 0.3 is 0 Å². The molecule has 0 aliphatic carbocycles. The molecule has 0 unspecified atom stereocenters. The third-order valence-corrected chi connectivity index (χ3v) is 6.19. The SMILES string of the molecule is CC[C@H](C(=O)NCCSCc1ccco1)N(c1ccc(Cl)cc1)S(C)(=O)=O. The van der Waals surface area contributed by atoms with Crippen LogP contribution < -0.4 is 9.62 Å². The molecule has 0 saturated carbocycles. The van der Waals surface area contributed by atoms with Crippen LogP contribution in [0.1, 0.15) is 19.1 Å². The number of carbonyl (C=O) groups excluding carboxylic acids is 1. The van der Waals surface area contributed by atoms with Gasteiger partial charge in [0, 0.05) is 17.3 Å². The minimum Gasteiger partial charge on any atom is -0.468 e.